The third kappa shape index (κ3) is 6.10. The number of thioether (sulfide) groups is 1. The molecule has 0 aliphatic heterocycles. The van der Waals surface area contributed by atoms with Gasteiger partial charge in [-0.15, -0.1) is 0 Å². The molecule has 0 saturated carbocycles. The van der Waals surface area contributed by atoms with Gasteiger partial charge < -0.3 is 10.1 Å². The van der Waals surface area contributed by atoms with E-state index in [0.29, 0.717) is 27.9 Å². The van der Waals surface area contributed by atoms with Crippen molar-refractivity contribution in [2.24, 2.45) is 0 Å². The molecule has 0 bridgehead atoms. The molecular weight excluding hydrogens is 398 g/mol. The third-order valence-electron chi connectivity index (χ3n) is 3.45. The minimum atomic E-state index is -3.47. The van der Waals surface area contributed by atoms with Gasteiger partial charge in [-0.1, -0.05) is 11.8 Å². The molecule has 2 aromatic rings. The number of hydrogen-bond donors (Lipinski definition) is 2. The highest BCUT2D eigenvalue weighted by atomic mass is 32.2. The average Bonchev–Trinajstić information content (AvgIpc) is 2.62. The molecule has 0 saturated heterocycles. The van der Waals surface area contributed by atoms with Gasteiger partial charge in [-0.2, -0.15) is 8.78 Å². The van der Waals surface area contributed by atoms with Crippen molar-refractivity contribution in [1.82, 2.24) is 0 Å². The topological polar surface area (TPSA) is 84.5 Å². The van der Waals surface area contributed by atoms with Crippen molar-refractivity contribution in [3.63, 3.8) is 0 Å². The van der Waals surface area contributed by atoms with Crippen LogP contribution in [0.5, 0.6) is 5.75 Å². The Labute approximate surface area is 160 Å². The molecule has 146 valence electrons. The van der Waals surface area contributed by atoms with Gasteiger partial charge in [-0.05, 0) is 43.3 Å². The summed E-state index contributed by atoms with van der Waals surface area (Å²) < 4.78 is 55.6. The van der Waals surface area contributed by atoms with Crippen LogP contribution in [0, 0.1) is 0 Å². The van der Waals surface area contributed by atoms with Crippen LogP contribution in [0.4, 0.5) is 20.2 Å². The van der Waals surface area contributed by atoms with Gasteiger partial charge in [-0.3, -0.25) is 9.52 Å². The number of rotatable bonds is 8. The maximum Gasteiger partial charge on any atom is 0.288 e. The first-order valence-corrected chi connectivity index (χ1v) is 10.3. The zero-order valence-electron chi connectivity index (χ0n) is 14.5. The second-order valence-electron chi connectivity index (χ2n) is 5.28. The molecule has 0 radical (unpaired) electrons. The van der Waals surface area contributed by atoms with Crippen LogP contribution in [-0.2, 0) is 10.0 Å². The van der Waals surface area contributed by atoms with E-state index in [9.17, 15) is 22.0 Å². The molecule has 10 heteroatoms. The second-order valence-corrected chi connectivity index (χ2v) is 8.35. The predicted molar refractivity (Wildman–Crippen MR) is 102 cm³/mol. The fourth-order valence-electron chi connectivity index (χ4n) is 2.08. The summed E-state index contributed by atoms with van der Waals surface area (Å²) in [6.07, 6.45) is 0. The van der Waals surface area contributed by atoms with E-state index in [1.165, 1.54) is 56.5 Å². The fraction of sp³-hybridized carbons (Fsp3) is 0.235. The summed E-state index contributed by atoms with van der Waals surface area (Å²) in [4.78, 5) is 12.6. The Morgan fingerprint density at radius 1 is 1.19 bits per heavy atom. The number of carbonyl (C=O) groups is 1. The smallest absolute Gasteiger partial charge is 0.288 e. The molecule has 0 heterocycles. The molecular formula is C17H18F2N2O4S2. The summed E-state index contributed by atoms with van der Waals surface area (Å²) in [6.45, 7) is 1.51. The first-order valence-electron chi connectivity index (χ1n) is 7.79. The number of ether oxygens (including phenoxy) is 1. The van der Waals surface area contributed by atoms with Crippen LogP contribution in [0.25, 0.3) is 0 Å². The molecule has 0 fully saturated rings. The van der Waals surface area contributed by atoms with Crippen molar-refractivity contribution in [3.8, 4) is 5.75 Å². The molecule has 2 N–H and O–H groups in total. The van der Waals surface area contributed by atoms with Gasteiger partial charge in [0, 0.05) is 22.2 Å². The third-order valence-corrected chi connectivity index (χ3v) is 5.46. The molecule has 0 aromatic heterocycles. The van der Waals surface area contributed by atoms with Gasteiger partial charge in [0.1, 0.15) is 5.75 Å². The summed E-state index contributed by atoms with van der Waals surface area (Å²) >= 11 is 0.398. The number of methoxy groups -OCH3 is 1. The molecule has 0 atom stereocenters. The number of amides is 1. The number of alkyl halides is 2. The lowest BCUT2D eigenvalue weighted by atomic mass is 10.2. The molecule has 0 spiro atoms. The van der Waals surface area contributed by atoms with Gasteiger partial charge in [-0.25, -0.2) is 8.42 Å². The summed E-state index contributed by atoms with van der Waals surface area (Å²) in [5, 5.41) is 2.65. The zero-order chi connectivity index (χ0) is 20.0. The van der Waals surface area contributed by atoms with Crippen LogP contribution >= 0.6 is 11.8 Å². The van der Waals surface area contributed by atoms with E-state index < -0.39 is 21.7 Å². The number of sulfonamides is 1. The highest BCUT2D eigenvalue weighted by Gasteiger charge is 2.13. The molecule has 0 aliphatic rings. The standard InChI is InChI=1S/C17H18F2N2O4S2/c1-3-27(23,24)21-14-9-6-12(10-15(14)25-2)20-16(22)11-4-7-13(8-5-11)26-17(18)19/h4-10,17,21H,3H2,1-2H3,(H,20,22). The van der Waals surface area contributed by atoms with Crippen LogP contribution in [0.2, 0.25) is 0 Å². The van der Waals surface area contributed by atoms with Crippen molar-refractivity contribution in [3.05, 3.63) is 48.0 Å². The summed E-state index contributed by atoms with van der Waals surface area (Å²) in [5.74, 6) is -2.81. The largest absolute Gasteiger partial charge is 0.494 e. The van der Waals surface area contributed by atoms with E-state index >= 15 is 0 Å². The van der Waals surface area contributed by atoms with E-state index in [1.54, 1.807) is 0 Å². The molecule has 2 rings (SSSR count). The van der Waals surface area contributed by atoms with Crippen LogP contribution in [0.3, 0.4) is 0 Å². The van der Waals surface area contributed by atoms with Crippen LogP contribution in [0.15, 0.2) is 47.4 Å². The Morgan fingerprint density at radius 2 is 1.85 bits per heavy atom. The first kappa shape index (κ1) is 21.0. The average molecular weight is 416 g/mol. The predicted octanol–water partition coefficient (Wildman–Crippen LogP) is 4.02. The van der Waals surface area contributed by atoms with Gasteiger partial charge >= 0.3 is 0 Å². The van der Waals surface area contributed by atoms with Crippen molar-refractivity contribution < 1.29 is 26.7 Å². The number of carbonyl (C=O) groups excluding carboxylic acids is 1. The normalized spacial score (nSPS) is 11.3. The second kappa shape index (κ2) is 9.05. The summed E-state index contributed by atoms with van der Waals surface area (Å²) in [5.41, 5.74) is 0.941. The lowest BCUT2D eigenvalue weighted by Gasteiger charge is -2.13. The number of halogens is 2. The van der Waals surface area contributed by atoms with E-state index in [-0.39, 0.29) is 17.2 Å². The first-order chi connectivity index (χ1) is 12.7. The summed E-state index contributed by atoms with van der Waals surface area (Å²) in [6, 6.07) is 10.2. The minimum absolute atomic E-state index is 0.0888. The van der Waals surface area contributed by atoms with Crippen molar-refractivity contribution in [2.45, 2.75) is 17.6 Å². The van der Waals surface area contributed by atoms with Gasteiger partial charge in [0.25, 0.3) is 11.7 Å². The van der Waals surface area contributed by atoms with E-state index in [2.05, 4.69) is 10.0 Å². The van der Waals surface area contributed by atoms with Gasteiger partial charge in [0.2, 0.25) is 10.0 Å². The van der Waals surface area contributed by atoms with Gasteiger partial charge in [0.15, 0.2) is 0 Å². The van der Waals surface area contributed by atoms with E-state index in [4.69, 9.17) is 4.74 Å². The maximum atomic E-state index is 12.3. The zero-order valence-corrected chi connectivity index (χ0v) is 16.2. The molecule has 27 heavy (non-hydrogen) atoms. The monoisotopic (exact) mass is 416 g/mol. The lowest BCUT2D eigenvalue weighted by molar-refractivity contribution is 0.102. The SMILES string of the molecule is CCS(=O)(=O)Nc1ccc(NC(=O)c2ccc(SC(F)F)cc2)cc1OC. The Balaban J connectivity index is 2.13. The molecule has 6 nitrogen and oxygen atoms in total. The maximum absolute atomic E-state index is 12.3. The van der Waals surface area contributed by atoms with Crippen molar-refractivity contribution in [1.29, 1.82) is 0 Å². The van der Waals surface area contributed by atoms with Gasteiger partial charge in [0.05, 0.1) is 18.6 Å². The molecule has 2 aromatic carbocycles. The highest BCUT2D eigenvalue weighted by Crippen LogP contribution is 2.29. The van der Waals surface area contributed by atoms with Crippen molar-refractivity contribution in [2.75, 3.05) is 22.9 Å². The summed E-state index contributed by atoms with van der Waals surface area (Å²) in [7, 11) is -2.09. The minimum Gasteiger partial charge on any atom is -0.494 e. The number of benzene rings is 2. The van der Waals surface area contributed by atoms with E-state index in [1.807, 2.05) is 0 Å². The van der Waals surface area contributed by atoms with Crippen LogP contribution < -0.4 is 14.8 Å². The van der Waals surface area contributed by atoms with Crippen molar-refractivity contribution >= 4 is 39.1 Å². The Kier molecular flexibility index (Phi) is 7.03. The number of hydrogen-bond acceptors (Lipinski definition) is 5. The van der Waals surface area contributed by atoms with Crippen LogP contribution in [-0.4, -0.2) is 32.9 Å². The molecule has 0 unspecified atom stereocenters. The lowest BCUT2D eigenvalue weighted by Crippen LogP contribution is -2.16. The Bertz CT molecular complexity index is 904. The number of anilines is 2. The molecule has 0 aliphatic carbocycles. The Hall–Kier alpha value is -2.33. The fourth-order valence-corrected chi connectivity index (χ4v) is 3.23. The van der Waals surface area contributed by atoms with E-state index in [0.717, 1.165) is 0 Å². The quantitative estimate of drug-likeness (QED) is 0.635. The molecule has 1 amide bonds. The Morgan fingerprint density at radius 3 is 2.41 bits per heavy atom. The number of nitrogens with one attached hydrogen (secondary N) is 2. The van der Waals surface area contributed by atoms with Crippen LogP contribution in [0.1, 0.15) is 17.3 Å². The highest BCUT2D eigenvalue weighted by molar-refractivity contribution is 7.99.